The summed E-state index contributed by atoms with van der Waals surface area (Å²) in [5.74, 6) is 0.694. The summed E-state index contributed by atoms with van der Waals surface area (Å²) in [5, 5.41) is 4.67. The van der Waals surface area contributed by atoms with Gasteiger partial charge in [-0.25, -0.2) is 0 Å². The van der Waals surface area contributed by atoms with Crippen molar-refractivity contribution in [2.24, 2.45) is 11.3 Å². The van der Waals surface area contributed by atoms with E-state index < -0.39 is 0 Å². The number of halogens is 1. The highest BCUT2D eigenvalue weighted by Crippen LogP contribution is 2.46. The Hall–Kier alpha value is -0.0100. The van der Waals surface area contributed by atoms with E-state index in [1.54, 1.807) is 11.3 Å². The van der Waals surface area contributed by atoms with Crippen LogP contribution in [0.5, 0.6) is 0 Å². The second kappa shape index (κ2) is 4.47. The Bertz CT molecular complexity index is 302. The van der Waals surface area contributed by atoms with Crippen LogP contribution in [-0.4, -0.2) is 5.38 Å². The van der Waals surface area contributed by atoms with E-state index in [0.29, 0.717) is 16.7 Å². The van der Waals surface area contributed by atoms with Gasteiger partial charge in [0.15, 0.2) is 0 Å². The largest absolute Gasteiger partial charge is 0.152 e. The number of alkyl halides is 1. The van der Waals surface area contributed by atoms with Gasteiger partial charge in [0.2, 0.25) is 0 Å². The van der Waals surface area contributed by atoms with Crippen molar-refractivity contribution in [2.75, 3.05) is 0 Å². The van der Waals surface area contributed by atoms with Gasteiger partial charge in [-0.05, 0) is 53.0 Å². The molecule has 2 atom stereocenters. The highest BCUT2D eigenvalue weighted by Gasteiger charge is 2.38. The van der Waals surface area contributed by atoms with E-state index in [1.165, 1.54) is 24.8 Å². The molecule has 0 aliphatic heterocycles. The fourth-order valence-corrected chi connectivity index (χ4v) is 4.13. The molecule has 2 rings (SSSR count). The topological polar surface area (TPSA) is 0 Å². The van der Waals surface area contributed by atoms with Gasteiger partial charge in [0.1, 0.15) is 0 Å². The molecular weight excluding hydrogens is 224 g/mol. The zero-order chi connectivity index (χ0) is 10.9. The Kier molecular flexibility index (Phi) is 3.42. The average Bonchev–Trinajstić information content (AvgIpc) is 2.73. The minimum Gasteiger partial charge on any atom is -0.152 e. The van der Waals surface area contributed by atoms with E-state index in [9.17, 15) is 0 Å². The zero-order valence-corrected chi connectivity index (χ0v) is 11.1. The minimum atomic E-state index is 0.317. The van der Waals surface area contributed by atoms with Crippen molar-refractivity contribution < 1.29 is 0 Å². The van der Waals surface area contributed by atoms with Crippen LogP contribution in [0.15, 0.2) is 16.8 Å². The fraction of sp³-hybridized carbons (Fsp3) is 0.692. The molecule has 0 radical (unpaired) electrons. The lowest BCUT2D eigenvalue weighted by atomic mass is 9.78. The number of hydrogen-bond donors (Lipinski definition) is 0. The molecule has 1 aromatic rings. The maximum absolute atomic E-state index is 6.57. The molecule has 2 unspecified atom stereocenters. The van der Waals surface area contributed by atoms with Crippen molar-refractivity contribution >= 4 is 22.9 Å². The Morgan fingerprint density at radius 3 is 2.93 bits per heavy atom. The SMILES string of the molecule is CC1(C)CCCC1C(Cl)Cc1ccsc1. The van der Waals surface area contributed by atoms with Crippen molar-refractivity contribution in [1.29, 1.82) is 0 Å². The van der Waals surface area contributed by atoms with E-state index in [1.807, 2.05) is 0 Å². The predicted octanol–water partition coefficient (Wildman–Crippen LogP) is 4.72. The van der Waals surface area contributed by atoms with E-state index in [2.05, 4.69) is 30.7 Å². The molecule has 0 bridgehead atoms. The van der Waals surface area contributed by atoms with Crippen LogP contribution in [0.1, 0.15) is 38.7 Å². The van der Waals surface area contributed by atoms with Crippen LogP contribution < -0.4 is 0 Å². The summed E-state index contributed by atoms with van der Waals surface area (Å²) in [5.41, 5.74) is 1.85. The van der Waals surface area contributed by atoms with Crippen molar-refractivity contribution in [3.8, 4) is 0 Å². The third kappa shape index (κ3) is 2.57. The maximum Gasteiger partial charge on any atom is 0.0409 e. The summed E-state index contributed by atoms with van der Waals surface area (Å²) in [6.45, 7) is 4.74. The molecule has 84 valence electrons. The summed E-state index contributed by atoms with van der Waals surface area (Å²) >= 11 is 8.33. The number of hydrogen-bond acceptors (Lipinski definition) is 1. The van der Waals surface area contributed by atoms with Gasteiger partial charge in [0.25, 0.3) is 0 Å². The van der Waals surface area contributed by atoms with Gasteiger partial charge in [0, 0.05) is 5.38 Å². The summed E-state index contributed by atoms with van der Waals surface area (Å²) < 4.78 is 0. The van der Waals surface area contributed by atoms with E-state index >= 15 is 0 Å². The lowest BCUT2D eigenvalue weighted by Gasteiger charge is -2.30. The quantitative estimate of drug-likeness (QED) is 0.673. The standard InChI is InChI=1S/C13H19ClS/c1-13(2)6-3-4-11(13)12(14)8-10-5-7-15-9-10/h5,7,9,11-12H,3-4,6,8H2,1-2H3. The molecule has 1 fully saturated rings. The Morgan fingerprint density at radius 1 is 1.60 bits per heavy atom. The monoisotopic (exact) mass is 242 g/mol. The van der Waals surface area contributed by atoms with Crippen LogP contribution in [-0.2, 0) is 6.42 Å². The number of thiophene rings is 1. The van der Waals surface area contributed by atoms with Gasteiger partial charge in [-0.1, -0.05) is 20.3 Å². The van der Waals surface area contributed by atoms with Gasteiger partial charge in [-0.2, -0.15) is 11.3 Å². The van der Waals surface area contributed by atoms with Crippen molar-refractivity contribution in [2.45, 2.75) is 44.9 Å². The van der Waals surface area contributed by atoms with Crippen LogP contribution in [0.25, 0.3) is 0 Å². The fourth-order valence-electron chi connectivity index (χ4n) is 2.80. The second-order valence-electron chi connectivity index (χ2n) is 5.34. The van der Waals surface area contributed by atoms with E-state index in [4.69, 9.17) is 11.6 Å². The van der Waals surface area contributed by atoms with Gasteiger partial charge in [-0.15, -0.1) is 11.6 Å². The van der Waals surface area contributed by atoms with E-state index in [0.717, 1.165) is 6.42 Å². The molecule has 2 heteroatoms. The molecule has 15 heavy (non-hydrogen) atoms. The lowest BCUT2D eigenvalue weighted by molar-refractivity contribution is 0.250. The normalized spacial score (nSPS) is 26.7. The van der Waals surface area contributed by atoms with Crippen LogP contribution in [0.4, 0.5) is 0 Å². The third-order valence-electron chi connectivity index (χ3n) is 3.79. The van der Waals surface area contributed by atoms with Crippen molar-refractivity contribution in [3.63, 3.8) is 0 Å². The molecule has 0 aromatic carbocycles. The predicted molar refractivity (Wildman–Crippen MR) is 68.8 cm³/mol. The van der Waals surface area contributed by atoms with Crippen LogP contribution >= 0.6 is 22.9 Å². The van der Waals surface area contributed by atoms with E-state index in [-0.39, 0.29) is 0 Å². The average molecular weight is 243 g/mol. The smallest absolute Gasteiger partial charge is 0.0409 e. The number of rotatable bonds is 3. The zero-order valence-electron chi connectivity index (χ0n) is 9.50. The molecule has 1 heterocycles. The van der Waals surface area contributed by atoms with Gasteiger partial charge < -0.3 is 0 Å². The van der Waals surface area contributed by atoms with Crippen molar-refractivity contribution in [3.05, 3.63) is 22.4 Å². The van der Waals surface area contributed by atoms with Gasteiger partial charge >= 0.3 is 0 Å². The summed E-state index contributed by atoms with van der Waals surface area (Å²) in [4.78, 5) is 0. The van der Waals surface area contributed by atoms with Crippen LogP contribution in [0, 0.1) is 11.3 Å². The highest BCUT2D eigenvalue weighted by atomic mass is 35.5. The van der Waals surface area contributed by atoms with Gasteiger partial charge in [-0.3, -0.25) is 0 Å². The third-order valence-corrected chi connectivity index (χ3v) is 4.98. The molecule has 0 spiro atoms. The Balaban J connectivity index is 1.99. The van der Waals surface area contributed by atoms with Crippen LogP contribution in [0.3, 0.4) is 0 Å². The molecular formula is C13H19ClS. The first-order chi connectivity index (χ1) is 7.09. The summed E-state index contributed by atoms with van der Waals surface area (Å²) in [6.07, 6.45) is 5.04. The Morgan fingerprint density at radius 2 is 2.40 bits per heavy atom. The maximum atomic E-state index is 6.57. The highest BCUT2D eigenvalue weighted by molar-refractivity contribution is 7.07. The molecule has 0 saturated heterocycles. The molecule has 0 N–H and O–H groups in total. The summed E-state index contributed by atoms with van der Waals surface area (Å²) in [7, 11) is 0. The summed E-state index contributed by atoms with van der Waals surface area (Å²) in [6, 6.07) is 2.20. The first-order valence-electron chi connectivity index (χ1n) is 5.75. The second-order valence-corrected chi connectivity index (χ2v) is 6.68. The Labute approximate surface area is 102 Å². The molecule has 1 aromatic heterocycles. The molecule has 0 amide bonds. The lowest BCUT2D eigenvalue weighted by Crippen LogP contribution is -2.27. The molecule has 1 aliphatic rings. The molecule has 0 nitrogen and oxygen atoms in total. The molecule has 1 aliphatic carbocycles. The first kappa shape index (κ1) is 11.5. The minimum absolute atomic E-state index is 0.317. The van der Waals surface area contributed by atoms with Crippen molar-refractivity contribution in [1.82, 2.24) is 0 Å². The van der Waals surface area contributed by atoms with Gasteiger partial charge in [0.05, 0.1) is 0 Å². The molecule has 1 saturated carbocycles. The first-order valence-corrected chi connectivity index (χ1v) is 7.13. The van der Waals surface area contributed by atoms with Crippen LogP contribution in [0.2, 0.25) is 0 Å².